The van der Waals surface area contributed by atoms with E-state index in [2.05, 4.69) is 16.6 Å². The molecule has 1 aromatic rings. The lowest BCUT2D eigenvalue weighted by Crippen LogP contribution is -2.24. The van der Waals surface area contributed by atoms with Gasteiger partial charge in [-0.15, -0.1) is 11.3 Å². The Hall–Kier alpha value is -0.590. The molecule has 0 aliphatic heterocycles. The summed E-state index contributed by atoms with van der Waals surface area (Å²) in [6, 6.07) is 0. The van der Waals surface area contributed by atoms with Gasteiger partial charge >= 0.3 is 0 Å². The first-order chi connectivity index (χ1) is 8.27. The van der Waals surface area contributed by atoms with Crippen molar-refractivity contribution >= 4 is 29.0 Å². The molecule has 1 aromatic heterocycles. The van der Waals surface area contributed by atoms with Crippen LogP contribution in [0.2, 0.25) is 0 Å². The second-order valence-electron chi connectivity index (χ2n) is 3.62. The van der Waals surface area contributed by atoms with Crippen LogP contribution in [-0.2, 0) is 6.42 Å². The van der Waals surface area contributed by atoms with E-state index >= 15 is 0 Å². The summed E-state index contributed by atoms with van der Waals surface area (Å²) in [7, 11) is 0. The molecule has 0 fully saturated rings. The molecule has 0 aliphatic carbocycles. The second kappa shape index (κ2) is 8.49. The molecule has 0 spiro atoms. The highest BCUT2D eigenvalue weighted by Gasteiger charge is 2.09. The smallest absolute Gasteiger partial charge is 0.270 e. The summed E-state index contributed by atoms with van der Waals surface area (Å²) in [5.74, 6) is 1.07. The van der Waals surface area contributed by atoms with Crippen molar-refractivity contribution in [1.82, 2.24) is 10.3 Å². The number of amides is 1. The lowest BCUT2D eigenvalue weighted by atomic mass is 10.3. The summed E-state index contributed by atoms with van der Waals surface area (Å²) in [6.45, 7) is 1.30. The number of carbonyl (C=O) groups excluding carboxylic acids is 1. The van der Waals surface area contributed by atoms with E-state index in [0.29, 0.717) is 12.2 Å². The van der Waals surface area contributed by atoms with Crippen LogP contribution in [0.3, 0.4) is 0 Å². The molecule has 0 aromatic carbocycles. The topological polar surface area (TPSA) is 68.0 Å². The van der Waals surface area contributed by atoms with Crippen LogP contribution in [0.25, 0.3) is 0 Å². The summed E-state index contributed by atoms with van der Waals surface area (Å²) < 4.78 is 0. The molecule has 0 saturated heterocycles. The molecule has 1 heterocycles. The number of carbonyl (C=O) groups is 1. The summed E-state index contributed by atoms with van der Waals surface area (Å²) in [5, 5.41) is 5.60. The number of hydrogen-bond donors (Lipinski definition) is 2. The molecule has 6 heteroatoms. The zero-order valence-corrected chi connectivity index (χ0v) is 11.7. The van der Waals surface area contributed by atoms with Crippen LogP contribution in [0.15, 0.2) is 5.38 Å². The van der Waals surface area contributed by atoms with E-state index in [9.17, 15) is 4.79 Å². The average molecular weight is 273 g/mol. The predicted molar refractivity (Wildman–Crippen MR) is 74.8 cm³/mol. The van der Waals surface area contributed by atoms with Crippen LogP contribution in [0.5, 0.6) is 0 Å². The maximum Gasteiger partial charge on any atom is 0.270 e. The first-order valence-corrected chi connectivity index (χ1v) is 7.97. The molecule has 0 atom stereocenters. The van der Waals surface area contributed by atoms with Crippen molar-refractivity contribution in [2.45, 2.75) is 19.3 Å². The molecule has 1 rings (SSSR count). The van der Waals surface area contributed by atoms with Gasteiger partial charge < -0.3 is 11.1 Å². The molecule has 0 radical (unpaired) electrons. The van der Waals surface area contributed by atoms with E-state index in [4.69, 9.17) is 5.73 Å². The number of nitrogens with zero attached hydrogens (tertiary/aromatic N) is 1. The van der Waals surface area contributed by atoms with Gasteiger partial charge in [-0.25, -0.2) is 4.98 Å². The van der Waals surface area contributed by atoms with Gasteiger partial charge in [0.05, 0.1) is 5.01 Å². The van der Waals surface area contributed by atoms with Gasteiger partial charge in [-0.05, 0) is 31.4 Å². The maximum atomic E-state index is 11.7. The number of rotatable bonds is 8. The largest absolute Gasteiger partial charge is 0.351 e. The van der Waals surface area contributed by atoms with Crippen molar-refractivity contribution in [2.24, 2.45) is 5.73 Å². The molecule has 96 valence electrons. The van der Waals surface area contributed by atoms with Gasteiger partial charge in [-0.1, -0.05) is 0 Å². The molecule has 1 amide bonds. The summed E-state index contributed by atoms with van der Waals surface area (Å²) in [5.41, 5.74) is 5.95. The van der Waals surface area contributed by atoms with Crippen molar-refractivity contribution in [3.8, 4) is 0 Å². The minimum Gasteiger partial charge on any atom is -0.351 e. The predicted octanol–water partition coefficient (Wildman–Crippen LogP) is 1.52. The fourth-order valence-electron chi connectivity index (χ4n) is 1.32. The Labute approximate surface area is 110 Å². The first-order valence-electron chi connectivity index (χ1n) is 5.69. The van der Waals surface area contributed by atoms with Crippen molar-refractivity contribution in [2.75, 3.05) is 25.1 Å². The summed E-state index contributed by atoms with van der Waals surface area (Å²) in [4.78, 5) is 15.9. The normalized spacial score (nSPS) is 10.5. The van der Waals surface area contributed by atoms with Gasteiger partial charge in [-0.2, -0.15) is 11.8 Å². The average Bonchev–Trinajstić information content (AvgIpc) is 2.78. The minimum absolute atomic E-state index is 0.0753. The summed E-state index contributed by atoms with van der Waals surface area (Å²) >= 11 is 3.32. The van der Waals surface area contributed by atoms with E-state index in [0.717, 1.165) is 36.6 Å². The lowest BCUT2D eigenvalue weighted by Gasteiger charge is -2.02. The lowest BCUT2D eigenvalue weighted by molar-refractivity contribution is 0.0948. The van der Waals surface area contributed by atoms with Crippen LogP contribution < -0.4 is 11.1 Å². The van der Waals surface area contributed by atoms with E-state index in [1.807, 2.05) is 11.8 Å². The van der Waals surface area contributed by atoms with E-state index in [-0.39, 0.29) is 5.91 Å². The fraction of sp³-hybridized carbons (Fsp3) is 0.636. The number of thiazole rings is 1. The molecular formula is C11H19N3OS2. The molecule has 0 saturated carbocycles. The van der Waals surface area contributed by atoms with Crippen LogP contribution in [0.1, 0.15) is 28.3 Å². The molecule has 4 nitrogen and oxygen atoms in total. The quantitative estimate of drug-likeness (QED) is 0.705. The third-order valence-corrected chi connectivity index (χ3v) is 3.81. The Morgan fingerprint density at radius 2 is 2.41 bits per heavy atom. The zero-order valence-electron chi connectivity index (χ0n) is 10.1. The minimum atomic E-state index is -0.0753. The van der Waals surface area contributed by atoms with E-state index in [1.165, 1.54) is 11.3 Å². The maximum absolute atomic E-state index is 11.7. The standard InChI is InChI=1S/C11H19N3OS2/c1-16-7-3-2-6-13-11(15)9-8-17-10(14-9)4-5-12/h8H,2-7,12H2,1H3,(H,13,15). The molecule has 3 N–H and O–H groups in total. The van der Waals surface area contributed by atoms with Crippen molar-refractivity contribution < 1.29 is 4.79 Å². The van der Waals surface area contributed by atoms with Crippen molar-refractivity contribution in [3.05, 3.63) is 16.1 Å². The van der Waals surface area contributed by atoms with Crippen LogP contribution in [0.4, 0.5) is 0 Å². The second-order valence-corrected chi connectivity index (χ2v) is 5.55. The molecule has 0 unspecified atom stereocenters. The Balaban J connectivity index is 2.26. The third-order valence-electron chi connectivity index (χ3n) is 2.20. The van der Waals surface area contributed by atoms with Crippen LogP contribution >= 0.6 is 23.1 Å². The van der Waals surface area contributed by atoms with Gasteiger partial charge in [0.25, 0.3) is 5.91 Å². The van der Waals surface area contributed by atoms with Gasteiger partial charge in [-0.3, -0.25) is 4.79 Å². The number of hydrogen-bond acceptors (Lipinski definition) is 5. The van der Waals surface area contributed by atoms with Crippen molar-refractivity contribution in [1.29, 1.82) is 0 Å². The number of nitrogens with one attached hydrogen (secondary N) is 1. The fourth-order valence-corrected chi connectivity index (χ4v) is 2.60. The van der Waals surface area contributed by atoms with Crippen LogP contribution in [-0.4, -0.2) is 36.0 Å². The van der Waals surface area contributed by atoms with Gasteiger partial charge in [0.1, 0.15) is 5.69 Å². The molecule has 0 bridgehead atoms. The number of aromatic nitrogens is 1. The Morgan fingerprint density at radius 1 is 1.59 bits per heavy atom. The summed E-state index contributed by atoms with van der Waals surface area (Å²) in [6.07, 6.45) is 4.99. The highest BCUT2D eigenvalue weighted by Crippen LogP contribution is 2.09. The number of thioether (sulfide) groups is 1. The first kappa shape index (κ1) is 14.5. The van der Waals surface area contributed by atoms with Gasteiger partial charge in [0, 0.05) is 18.3 Å². The SMILES string of the molecule is CSCCCCNC(=O)c1csc(CCN)n1. The molecule has 0 aliphatic rings. The molecule has 17 heavy (non-hydrogen) atoms. The van der Waals surface area contributed by atoms with E-state index < -0.39 is 0 Å². The Morgan fingerprint density at radius 3 is 3.12 bits per heavy atom. The monoisotopic (exact) mass is 273 g/mol. The Kier molecular flexibility index (Phi) is 7.23. The Bertz CT molecular complexity index is 341. The van der Waals surface area contributed by atoms with Gasteiger partial charge in [0.2, 0.25) is 0 Å². The third kappa shape index (κ3) is 5.52. The number of unbranched alkanes of at least 4 members (excludes halogenated alkanes) is 1. The van der Waals surface area contributed by atoms with Gasteiger partial charge in [0.15, 0.2) is 0 Å². The zero-order chi connectivity index (χ0) is 12.5. The number of nitrogens with two attached hydrogens (primary N) is 1. The molecular weight excluding hydrogens is 254 g/mol. The van der Waals surface area contributed by atoms with Crippen molar-refractivity contribution in [3.63, 3.8) is 0 Å². The highest BCUT2D eigenvalue weighted by molar-refractivity contribution is 7.98. The highest BCUT2D eigenvalue weighted by atomic mass is 32.2. The van der Waals surface area contributed by atoms with Crippen LogP contribution in [0, 0.1) is 0 Å². The van der Waals surface area contributed by atoms with E-state index in [1.54, 1.807) is 5.38 Å².